The minimum Gasteiger partial charge on any atom is -0.486 e. The van der Waals surface area contributed by atoms with E-state index in [2.05, 4.69) is 10.1 Å². The van der Waals surface area contributed by atoms with E-state index in [1.807, 2.05) is 0 Å². The van der Waals surface area contributed by atoms with Gasteiger partial charge in [-0.3, -0.25) is 4.79 Å². The smallest absolute Gasteiger partial charge is 0.335 e. The van der Waals surface area contributed by atoms with Crippen molar-refractivity contribution < 1.29 is 19.1 Å². The van der Waals surface area contributed by atoms with Gasteiger partial charge in [0.15, 0.2) is 11.5 Å². The Morgan fingerprint density at radius 2 is 1.76 bits per heavy atom. The van der Waals surface area contributed by atoms with Crippen LogP contribution in [0.3, 0.4) is 0 Å². The third-order valence-corrected chi connectivity index (χ3v) is 7.15. The summed E-state index contributed by atoms with van der Waals surface area (Å²) in [5.74, 6) is -0.283. The van der Waals surface area contributed by atoms with Gasteiger partial charge in [0.1, 0.15) is 12.2 Å². The number of para-hydroxylation sites is 1. The number of hydrogen-bond donors (Lipinski definition) is 1. The number of ether oxygens (including phenoxy) is 1. The van der Waals surface area contributed by atoms with Gasteiger partial charge in [0.25, 0.3) is 5.56 Å². The summed E-state index contributed by atoms with van der Waals surface area (Å²) >= 11 is 19.1. The minimum absolute atomic E-state index is 0.0538. The highest BCUT2D eigenvalue weighted by Gasteiger charge is 2.17. The van der Waals surface area contributed by atoms with Crippen molar-refractivity contribution in [2.45, 2.75) is 6.61 Å². The number of carboxylic acids is 1. The minimum atomic E-state index is -1.04. The second-order valence-corrected chi connectivity index (χ2v) is 10.5. The van der Waals surface area contributed by atoms with Gasteiger partial charge in [0.05, 0.1) is 32.7 Å². The molecule has 0 unspecified atom stereocenters. The molecule has 0 saturated carbocycles. The van der Waals surface area contributed by atoms with Crippen LogP contribution in [0.2, 0.25) is 15.1 Å². The Bertz CT molecular complexity index is 2080. The molecule has 4 aromatic carbocycles. The number of carboxylic acid groups (broad SMARTS) is 1. The molecule has 208 valence electrons. The lowest BCUT2D eigenvalue weighted by Gasteiger charge is -2.11. The second kappa shape index (κ2) is 11.3. The van der Waals surface area contributed by atoms with Crippen molar-refractivity contribution >= 4 is 68.9 Å². The topological polar surface area (TPSA) is 107 Å². The molecule has 0 saturated heterocycles. The standard InChI is InChI=1S/C31H18Cl3N3O5/c32-21-8-9-26-20(13-21)14-27(42-26)29-36-25-7-2-1-6-22(25)30(38)37(29)35-15-18-11-23(33)28(24(34)12-18)41-16-17-4-3-5-19(10-17)31(39)40/h1-15H,16H2,(H,39,40). The molecule has 0 aliphatic rings. The van der Waals surface area contributed by atoms with Gasteiger partial charge in [-0.25, -0.2) is 9.78 Å². The number of nitrogens with zero attached hydrogens (tertiary/aromatic N) is 3. The van der Waals surface area contributed by atoms with E-state index in [9.17, 15) is 14.7 Å². The van der Waals surface area contributed by atoms with Gasteiger partial charge in [-0.1, -0.05) is 59.1 Å². The molecule has 11 heteroatoms. The Kier molecular flexibility index (Phi) is 7.43. The summed E-state index contributed by atoms with van der Waals surface area (Å²) in [7, 11) is 0. The van der Waals surface area contributed by atoms with Crippen LogP contribution in [-0.2, 0) is 6.61 Å². The molecule has 0 fully saturated rings. The summed E-state index contributed by atoms with van der Waals surface area (Å²) in [5.41, 5.74) is 1.94. The fourth-order valence-corrected chi connectivity index (χ4v) is 5.17. The van der Waals surface area contributed by atoms with Gasteiger partial charge >= 0.3 is 5.97 Å². The van der Waals surface area contributed by atoms with Crippen LogP contribution >= 0.6 is 34.8 Å². The molecule has 6 rings (SSSR count). The normalized spacial score (nSPS) is 11.5. The van der Waals surface area contributed by atoms with E-state index in [-0.39, 0.29) is 33.8 Å². The zero-order valence-corrected chi connectivity index (χ0v) is 23.7. The Morgan fingerprint density at radius 3 is 2.55 bits per heavy atom. The average Bonchev–Trinajstić information content (AvgIpc) is 3.39. The van der Waals surface area contributed by atoms with E-state index in [4.69, 9.17) is 44.0 Å². The number of rotatable bonds is 7. The Balaban J connectivity index is 1.35. The van der Waals surface area contributed by atoms with Crippen LogP contribution in [0.4, 0.5) is 0 Å². The fraction of sp³-hybridized carbons (Fsp3) is 0.0323. The van der Waals surface area contributed by atoms with Gasteiger partial charge in [-0.2, -0.15) is 9.78 Å². The first-order valence-corrected chi connectivity index (χ1v) is 13.6. The molecule has 6 aromatic rings. The van der Waals surface area contributed by atoms with Gasteiger partial charge in [0, 0.05) is 10.4 Å². The highest BCUT2D eigenvalue weighted by Crippen LogP contribution is 2.35. The monoisotopic (exact) mass is 617 g/mol. The van der Waals surface area contributed by atoms with Crippen LogP contribution in [0.1, 0.15) is 21.5 Å². The summed E-state index contributed by atoms with van der Waals surface area (Å²) in [6.45, 7) is 0.0538. The summed E-state index contributed by atoms with van der Waals surface area (Å²) in [4.78, 5) is 29.4. The van der Waals surface area contributed by atoms with Crippen molar-refractivity contribution in [2.24, 2.45) is 5.10 Å². The first-order valence-electron chi connectivity index (χ1n) is 12.5. The number of aromatic nitrogens is 2. The SMILES string of the molecule is O=C(O)c1cccc(COc2c(Cl)cc(C=Nn3c(-c4cc5cc(Cl)ccc5o4)nc4ccccc4c3=O)cc2Cl)c1. The van der Waals surface area contributed by atoms with E-state index in [0.29, 0.717) is 38.4 Å². The van der Waals surface area contributed by atoms with Crippen molar-refractivity contribution in [3.63, 3.8) is 0 Å². The molecule has 2 aromatic heterocycles. The molecular weight excluding hydrogens is 601 g/mol. The first kappa shape index (κ1) is 27.5. The molecule has 2 heterocycles. The Morgan fingerprint density at radius 1 is 0.976 bits per heavy atom. The van der Waals surface area contributed by atoms with Crippen molar-refractivity contribution in [2.75, 3.05) is 0 Å². The maximum Gasteiger partial charge on any atom is 0.335 e. The summed E-state index contributed by atoms with van der Waals surface area (Å²) in [6.07, 6.45) is 1.43. The number of benzene rings is 4. The quantitative estimate of drug-likeness (QED) is 0.182. The van der Waals surface area contributed by atoms with E-state index in [1.54, 1.807) is 72.8 Å². The lowest BCUT2D eigenvalue weighted by molar-refractivity contribution is 0.0696. The van der Waals surface area contributed by atoms with Gasteiger partial charge in [-0.15, -0.1) is 0 Å². The number of furan rings is 1. The lowest BCUT2D eigenvalue weighted by Crippen LogP contribution is -2.20. The second-order valence-electron chi connectivity index (χ2n) is 9.21. The Labute approximate surface area is 253 Å². The number of carbonyl (C=O) groups is 1. The molecule has 1 N–H and O–H groups in total. The highest BCUT2D eigenvalue weighted by atomic mass is 35.5. The van der Waals surface area contributed by atoms with E-state index in [1.165, 1.54) is 18.3 Å². The Hall–Kier alpha value is -4.63. The zero-order valence-electron chi connectivity index (χ0n) is 21.4. The molecular formula is C31H18Cl3N3O5. The number of aromatic carboxylic acids is 1. The van der Waals surface area contributed by atoms with Crippen LogP contribution in [0.15, 0.2) is 99.2 Å². The van der Waals surface area contributed by atoms with Crippen molar-refractivity contribution in [1.82, 2.24) is 9.66 Å². The molecule has 0 spiro atoms. The molecule has 0 aliphatic carbocycles. The fourth-order valence-electron chi connectivity index (χ4n) is 4.38. The predicted octanol–water partition coefficient (Wildman–Crippen LogP) is 7.93. The van der Waals surface area contributed by atoms with Gasteiger partial charge < -0.3 is 14.3 Å². The third-order valence-electron chi connectivity index (χ3n) is 6.35. The molecule has 0 atom stereocenters. The van der Waals surface area contributed by atoms with Crippen LogP contribution in [-0.4, -0.2) is 27.0 Å². The molecule has 0 amide bonds. The van der Waals surface area contributed by atoms with Crippen LogP contribution in [0.25, 0.3) is 33.5 Å². The molecule has 0 aliphatic heterocycles. The van der Waals surface area contributed by atoms with Crippen molar-refractivity contribution in [1.29, 1.82) is 0 Å². The van der Waals surface area contributed by atoms with Crippen molar-refractivity contribution in [3.05, 3.63) is 127 Å². The maximum absolute atomic E-state index is 13.5. The van der Waals surface area contributed by atoms with Crippen LogP contribution in [0.5, 0.6) is 5.75 Å². The van der Waals surface area contributed by atoms with Crippen molar-refractivity contribution in [3.8, 4) is 17.3 Å². The number of hydrogen-bond acceptors (Lipinski definition) is 6. The predicted molar refractivity (Wildman–Crippen MR) is 163 cm³/mol. The molecule has 0 radical (unpaired) electrons. The largest absolute Gasteiger partial charge is 0.486 e. The number of fused-ring (bicyclic) bond motifs is 2. The van der Waals surface area contributed by atoms with E-state index in [0.717, 1.165) is 10.1 Å². The lowest BCUT2D eigenvalue weighted by atomic mass is 10.1. The molecule has 8 nitrogen and oxygen atoms in total. The first-order chi connectivity index (χ1) is 20.3. The van der Waals surface area contributed by atoms with Gasteiger partial charge in [0.2, 0.25) is 5.82 Å². The summed E-state index contributed by atoms with van der Waals surface area (Å²) < 4.78 is 13.0. The van der Waals surface area contributed by atoms with E-state index < -0.39 is 11.5 Å². The molecule has 0 bridgehead atoms. The maximum atomic E-state index is 13.5. The summed E-state index contributed by atoms with van der Waals surface area (Å²) in [5, 5.41) is 15.7. The summed E-state index contributed by atoms with van der Waals surface area (Å²) in [6, 6.07) is 23.4. The van der Waals surface area contributed by atoms with Gasteiger partial charge in [-0.05, 0) is 71.8 Å². The third kappa shape index (κ3) is 5.47. The van der Waals surface area contributed by atoms with Crippen LogP contribution < -0.4 is 10.3 Å². The number of halogens is 3. The average molecular weight is 619 g/mol. The van der Waals surface area contributed by atoms with E-state index >= 15 is 0 Å². The molecule has 42 heavy (non-hydrogen) atoms. The zero-order chi connectivity index (χ0) is 29.4. The highest BCUT2D eigenvalue weighted by molar-refractivity contribution is 6.37. The van der Waals surface area contributed by atoms with Crippen LogP contribution in [0, 0.1) is 0 Å².